The molecular formula is C19H32N4O2S. The standard InChI is InChI=1S/C19H32N4O2S/c1-5-20-19(22-15(2)11-13-26(4,24)25)21-14-16(3)23-12-10-17-8-6-7-9-18(17)23/h6-9,15-16H,5,10-14H2,1-4H3,(H2,20,21,22). The predicted octanol–water partition coefficient (Wildman–Crippen LogP) is 1.82. The third kappa shape index (κ3) is 6.20. The van der Waals surface area contributed by atoms with Gasteiger partial charge in [-0.15, -0.1) is 0 Å². The van der Waals surface area contributed by atoms with Crippen molar-refractivity contribution in [1.29, 1.82) is 0 Å². The van der Waals surface area contributed by atoms with Crippen LogP contribution in [-0.4, -0.2) is 58.1 Å². The van der Waals surface area contributed by atoms with Gasteiger partial charge in [0, 0.05) is 37.1 Å². The number of hydrogen-bond donors (Lipinski definition) is 2. The minimum absolute atomic E-state index is 0.0466. The highest BCUT2D eigenvalue weighted by molar-refractivity contribution is 7.90. The molecule has 6 nitrogen and oxygen atoms in total. The summed E-state index contributed by atoms with van der Waals surface area (Å²) in [6.45, 7) is 8.69. The van der Waals surface area contributed by atoms with Crippen molar-refractivity contribution in [2.75, 3.05) is 36.5 Å². The van der Waals surface area contributed by atoms with Crippen LogP contribution in [0.3, 0.4) is 0 Å². The van der Waals surface area contributed by atoms with Crippen LogP contribution in [-0.2, 0) is 16.3 Å². The number of aliphatic imine (C=N–C) groups is 1. The first kappa shape index (κ1) is 20.6. The summed E-state index contributed by atoms with van der Waals surface area (Å²) in [6, 6.07) is 8.91. The van der Waals surface area contributed by atoms with Crippen molar-refractivity contribution in [1.82, 2.24) is 10.6 Å². The fourth-order valence-electron chi connectivity index (χ4n) is 3.16. The Morgan fingerprint density at radius 2 is 2.04 bits per heavy atom. The number of para-hydroxylation sites is 1. The van der Waals surface area contributed by atoms with E-state index < -0.39 is 9.84 Å². The number of hydrogen-bond acceptors (Lipinski definition) is 4. The number of fused-ring (bicyclic) bond motifs is 1. The summed E-state index contributed by atoms with van der Waals surface area (Å²) >= 11 is 0. The Hall–Kier alpha value is -1.76. The molecule has 2 rings (SSSR count). The van der Waals surface area contributed by atoms with Gasteiger partial charge in [0.25, 0.3) is 0 Å². The highest BCUT2D eigenvalue weighted by Gasteiger charge is 2.22. The van der Waals surface area contributed by atoms with Crippen molar-refractivity contribution in [2.24, 2.45) is 4.99 Å². The summed E-state index contributed by atoms with van der Waals surface area (Å²) in [6.07, 6.45) is 2.93. The summed E-state index contributed by atoms with van der Waals surface area (Å²) in [5.41, 5.74) is 2.72. The molecule has 1 aliphatic rings. The number of anilines is 1. The van der Waals surface area contributed by atoms with Gasteiger partial charge in [0.2, 0.25) is 0 Å². The summed E-state index contributed by atoms with van der Waals surface area (Å²) < 4.78 is 22.7. The van der Waals surface area contributed by atoms with Crippen LogP contribution >= 0.6 is 0 Å². The fourth-order valence-corrected chi connectivity index (χ4v) is 3.94. The van der Waals surface area contributed by atoms with Gasteiger partial charge in [-0.1, -0.05) is 18.2 Å². The molecule has 26 heavy (non-hydrogen) atoms. The normalized spacial score (nSPS) is 16.9. The highest BCUT2D eigenvalue weighted by Crippen LogP contribution is 2.29. The minimum atomic E-state index is -2.94. The molecule has 1 aromatic carbocycles. The van der Waals surface area contributed by atoms with Crippen LogP contribution in [0, 0.1) is 0 Å². The Bertz CT molecular complexity index is 718. The largest absolute Gasteiger partial charge is 0.366 e. The Balaban J connectivity index is 1.94. The lowest BCUT2D eigenvalue weighted by Crippen LogP contribution is -2.44. The van der Waals surface area contributed by atoms with E-state index in [0.717, 1.165) is 25.5 Å². The molecule has 1 aromatic rings. The van der Waals surface area contributed by atoms with Gasteiger partial charge < -0.3 is 15.5 Å². The number of nitrogens with zero attached hydrogens (tertiary/aromatic N) is 2. The number of guanidine groups is 1. The molecule has 0 bridgehead atoms. The average Bonchev–Trinajstić information content (AvgIpc) is 3.01. The van der Waals surface area contributed by atoms with Crippen molar-refractivity contribution in [3.05, 3.63) is 29.8 Å². The molecule has 1 aliphatic heterocycles. The lowest BCUT2D eigenvalue weighted by Gasteiger charge is -2.26. The molecule has 2 unspecified atom stereocenters. The van der Waals surface area contributed by atoms with Crippen molar-refractivity contribution in [2.45, 2.75) is 45.7 Å². The van der Waals surface area contributed by atoms with Crippen molar-refractivity contribution >= 4 is 21.5 Å². The van der Waals surface area contributed by atoms with Crippen molar-refractivity contribution in [3.8, 4) is 0 Å². The maximum absolute atomic E-state index is 11.3. The minimum Gasteiger partial charge on any atom is -0.366 e. The third-order valence-corrected chi connectivity index (χ3v) is 5.60. The molecule has 7 heteroatoms. The van der Waals surface area contributed by atoms with E-state index in [1.165, 1.54) is 17.5 Å². The molecule has 0 aromatic heterocycles. The van der Waals surface area contributed by atoms with Crippen LogP contribution in [0.5, 0.6) is 0 Å². The zero-order valence-corrected chi connectivity index (χ0v) is 17.1. The van der Waals surface area contributed by atoms with Gasteiger partial charge in [0.1, 0.15) is 9.84 Å². The molecule has 0 aliphatic carbocycles. The fraction of sp³-hybridized carbons (Fsp3) is 0.632. The Morgan fingerprint density at radius 1 is 1.31 bits per heavy atom. The molecule has 0 radical (unpaired) electrons. The highest BCUT2D eigenvalue weighted by atomic mass is 32.2. The molecule has 0 spiro atoms. The van der Waals surface area contributed by atoms with Gasteiger partial charge in [0.15, 0.2) is 5.96 Å². The van der Waals surface area contributed by atoms with E-state index in [1.807, 2.05) is 13.8 Å². The molecule has 0 amide bonds. The first-order chi connectivity index (χ1) is 12.3. The first-order valence-electron chi connectivity index (χ1n) is 9.37. The van der Waals surface area contributed by atoms with E-state index in [0.29, 0.717) is 19.0 Å². The van der Waals surface area contributed by atoms with E-state index in [4.69, 9.17) is 4.99 Å². The van der Waals surface area contributed by atoms with Crippen LogP contribution in [0.4, 0.5) is 5.69 Å². The molecular weight excluding hydrogens is 348 g/mol. The van der Waals surface area contributed by atoms with Gasteiger partial charge in [-0.05, 0) is 45.2 Å². The second-order valence-electron chi connectivity index (χ2n) is 7.10. The van der Waals surface area contributed by atoms with Crippen molar-refractivity contribution in [3.63, 3.8) is 0 Å². The molecule has 2 N–H and O–H groups in total. The third-order valence-electron chi connectivity index (χ3n) is 4.62. The van der Waals surface area contributed by atoms with Gasteiger partial charge in [-0.25, -0.2) is 8.42 Å². The Kier molecular flexibility index (Phi) is 7.32. The van der Waals surface area contributed by atoms with Crippen LogP contribution < -0.4 is 15.5 Å². The van der Waals surface area contributed by atoms with Crippen LogP contribution in [0.15, 0.2) is 29.3 Å². The Labute approximate surface area is 158 Å². The van der Waals surface area contributed by atoms with Crippen molar-refractivity contribution < 1.29 is 8.42 Å². The molecule has 0 saturated heterocycles. The summed E-state index contributed by atoms with van der Waals surface area (Å²) in [7, 11) is -2.94. The lowest BCUT2D eigenvalue weighted by molar-refractivity contribution is 0.580. The van der Waals surface area contributed by atoms with E-state index in [-0.39, 0.29) is 11.8 Å². The SMILES string of the molecule is CCNC(=NCC(C)N1CCc2ccccc21)NC(C)CCS(C)(=O)=O. The summed E-state index contributed by atoms with van der Waals surface area (Å²) in [5.74, 6) is 0.925. The molecule has 146 valence electrons. The van der Waals surface area contributed by atoms with E-state index in [9.17, 15) is 8.42 Å². The Morgan fingerprint density at radius 3 is 2.73 bits per heavy atom. The van der Waals surface area contributed by atoms with Crippen LogP contribution in [0.25, 0.3) is 0 Å². The smallest absolute Gasteiger partial charge is 0.191 e. The first-order valence-corrected chi connectivity index (χ1v) is 11.4. The second kappa shape index (κ2) is 9.26. The number of rotatable bonds is 8. The van der Waals surface area contributed by atoms with E-state index in [1.54, 1.807) is 0 Å². The van der Waals surface area contributed by atoms with E-state index in [2.05, 4.69) is 46.7 Å². The predicted molar refractivity (Wildman–Crippen MR) is 110 cm³/mol. The summed E-state index contributed by atoms with van der Waals surface area (Å²) in [4.78, 5) is 7.13. The van der Waals surface area contributed by atoms with Crippen LogP contribution in [0.2, 0.25) is 0 Å². The van der Waals surface area contributed by atoms with Gasteiger partial charge in [0.05, 0.1) is 12.3 Å². The average molecular weight is 381 g/mol. The number of benzene rings is 1. The lowest BCUT2D eigenvalue weighted by atomic mass is 10.2. The van der Waals surface area contributed by atoms with Gasteiger partial charge in [-0.3, -0.25) is 4.99 Å². The van der Waals surface area contributed by atoms with Crippen LogP contribution in [0.1, 0.15) is 32.8 Å². The molecule has 2 atom stereocenters. The maximum Gasteiger partial charge on any atom is 0.191 e. The van der Waals surface area contributed by atoms with Gasteiger partial charge >= 0.3 is 0 Å². The molecule has 0 fully saturated rings. The van der Waals surface area contributed by atoms with Gasteiger partial charge in [-0.2, -0.15) is 0 Å². The molecule has 1 heterocycles. The molecule has 0 saturated carbocycles. The number of sulfone groups is 1. The monoisotopic (exact) mass is 380 g/mol. The zero-order valence-electron chi connectivity index (χ0n) is 16.3. The quantitative estimate of drug-likeness (QED) is 0.532. The van der Waals surface area contributed by atoms with E-state index >= 15 is 0 Å². The second-order valence-corrected chi connectivity index (χ2v) is 9.36. The summed E-state index contributed by atoms with van der Waals surface area (Å²) in [5, 5.41) is 6.56. The number of nitrogens with one attached hydrogen (secondary N) is 2. The zero-order chi connectivity index (χ0) is 19.2. The maximum atomic E-state index is 11.3. The topological polar surface area (TPSA) is 73.8 Å².